The fraction of sp³-hybridized carbons (Fsp3) is 0.571. The van der Waals surface area contributed by atoms with Crippen LogP contribution in [0.15, 0.2) is 24.3 Å². The summed E-state index contributed by atoms with van der Waals surface area (Å²) in [6.45, 7) is 5.07. The first kappa shape index (κ1) is 14.0. The van der Waals surface area contributed by atoms with Gasteiger partial charge in [-0.25, -0.2) is 0 Å². The Bertz CT molecular complexity index is 331. The lowest BCUT2D eigenvalue weighted by Gasteiger charge is -2.33. The van der Waals surface area contributed by atoms with Crippen LogP contribution in [-0.4, -0.2) is 37.9 Å². The van der Waals surface area contributed by atoms with E-state index >= 15 is 0 Å². The fourth-order valence-corrected chi connectivity index (χ4v) is 1.81. The molecular formula is C14H24N2O. The number of benzene rings is 1. The van der Waals surface area contributed by atoms with Crippen molar-refractivity contribution in [3.63, 3.8) is 0 Å². The molecule has 0 saturated heterocycles. The molecule has 1 rings (SSSR count). The van der Waals surface area contributed by atoms with E-state index < -0.39 is 0 Å². The lowest BCUT2D eigenvalue weighted by Crippen LogP contribution is -2.51. The van der Waals surface area contributed by atoms with Gasteiger partial charge in [-0.1, -0.05) is 19.1 Å². The normalized spacial score (nSPS) is 14.4. The van der Waals surface area contributed by atoms with Crippen LogP contribution in [0.3, 0.4) is 0 Å². The summed E-state index contributed by atoms with van der Waals surface area (Å²) in [5.41, 5.74) is 2.26. The highest BCUT2D eigenvalue weighted by molar-refractivity contribution is 5.47. The smallest absolute Gasteiger partial charge is 0.0627 e. The van der Waals surface area contributed by atoms with E-state index in [1.807, 2.05) is 21.0 Å². The number of aliphatic hydroxyl groups excluding tert-OH is 1. The lowest BCUT2D eigenvalue weighted by atomic mass is 10.0. The molecule has 2 N–H and O–H groups in total. The maximum atomic E-state index is 9.37. The van der Waals surface area contributed by atoms with Crippen LogP contribution < -0.4 is 10.2 Å². The minimum absolute atomic E-state index is 0.126. The predicted molar refractivity (Wildman–Crippen MR) is 73.6 cm³/mol. The second-order valence-corrected chi connectivity index (χ2v) is 4.84. The minimum Gasteiger partial charge on any atom is -0.394 e. The number of nitrogens with one attached hydrogen (secondary N) is 1. The summed E-state index contributed by atoms with van der Waals surface area (Å²) >= 11 is 0. The summed E-state index contributed by atoms with van der Waals surface area (Å²) in [5.74, 6) is 0. The van der Waals surface area contributed by atoms with Gasteiger partial charge in [-0.15, -0.1) is 0 Å². The third kappa shape index (κ3) is 3.72. The van der Waals surface area contributed by atoms with E-state index in [4.69, 9.17) is 0 Å². The van der Waals surface area contributed by atoms with Crippen molar-refractivity contribution in [2.45, 2.75) is 25.8 Å². The molecule has 0 radical (unpaired) electrons. The van der Waals surface area contributed by atoms with Crippen molar-refractivity contribution in [3.05, 3.63) is 29.8 Å². The van der Waals surface area contributed by atoms with E-state index in [9.17, 15) is 5.11 Å². The Morgan fingerprint density at radius 1 is 1.29 bits per heavy atom. The van der Waals surface area contributed by atoms with Crippen molar-refractivity contribution in [2.24, 2.45) is 0 Å². The van der Waals surface area contributed by atoms with Crippen molar-refractivity contribution in [2.75, 3.05) is 32.1 Å². The van der Waals surface area contributed by atoms with E-state index in [1.54, 1.807) is 0 Å². The Labute approximate surface area is 104 Å². The minimum atomic E-state index is -0.266. The first-order valence-electron chi connectivity index (χ1n) is 6.14. The van der Waals surface area contributed by atoms with Gasteiger partial charge in [-0.3, -0.25) is 0 Å². The Hall–Kier alpha value is -1.06. The highest BCUT2D eigenvalue weighted by atomic mass is 16.3. The van der Waals surface area contributed by atoms with Crippen molar-refractivity contribution >= 4 is 5.69 Å². The molecule has 0 fully saturated rings. The maximum Gasteiger partial charge on any atom is 0.0627 e. The summed E-state index contributed by atoms with van der Waals surface area (Å²) in [4.78, 5) is 2.16. The zero-order chi connectivity index (χ0) is 12.9. The van der Waals surface area contributed by atoms with Crippen LogP contribution in [0.2, 0.25) is 0 Å². The first-order chi connectivity index (χ1) is 8.04. The lowest BCUT2D eigenvalue weighted by molar-refractivity contribution is 0.187. The molecule has 0 heterocycles. The fourth-order valence-electron chi connectivity index (χ4n) is 1.81. The summed E-state index contributed by atoms with van der Waals surface area (Å²) < 4.78 is 0. The molecule has 0 aromatic heterocycles. The van der Waals surface area contributed by atoms with Gasteiger partial charge in [-0.05, 0) is 38.1 Å². The quantitative estimate of drug-likeness (QED) is 0.788. The van der Waals surface area contributed by atoms with Crippen LogP contribution in [0.1, 0.15) is 19.4 Å². The topological polar surface area (TPSA) is 35.5 Å². The highest BCUT2D eigenvalue weighted by Crippen LogP contribution is 2.16. The maximum absolute atomic E-state index is 9.37. The van der Waals surface area contributed by atoms with Gasteiger partial charge in [-0.2, -0.15) is 0 Å². The molecule has 1 unspecified atom stereocenters. The van der Waals surface area contributed by atoms with Crippen LogP contribution >= 0.6 is 0 Å². The van der Waals surface area contributed by atoms with Crippen molar-refractivity contribution in [1.29, 1.82) is 0 Å². The third-order valence-corrected chi connectivity index (χ3v) is 3.32. The Morgan fingerprint density at radius 2 is 1.88 bits per heavy atom. The Kier molecular flexibility index (Phi) is 4.97. The van der Waals surface area contributed by atoms with Crippen molar-refractivity contribution < 1.29 is 5.11 Å². The third-order valence-electron chi connectivity index (χ3n) is 3.32. The van der Waals surface area contributed by atoms with Crippen LogP contribution in [0.5, 0.6) is 0 Å². The first-order valence-corrected chi connectivity index (χ1v) is 6.14. The average Bonchev–Trinajstić information content (AvgIpc) is 2.38. The molecule has 3 nitrogen and oxygen atoms in total. The van der Waals surface area contributed by atoms with E-state index in [-0.39, 0.29) is 12.1 Å². The van der Waals surface area contributed by atoms with Crippen molar-refractivity contribution in [3.8, 4) is 0 Å². The molecule has 0 saturated carbocycles. The largest absolute Gasteiger partial charge is 0.394 e. The Morgan fingerprint density at radius 3 is 2.29 bits per heavy atom. The van der Waals surface area contributed by atoms with E-state index in [0.717, 1.165) is 13.0 Å². The number of nitrogens with zero attached hydrogens (tertiary/aromatic N) is 1. The average molecular weight is 236 g/mol. The van der Waals surface area contributed by atoms with E-state index in [0.29, 0.717) is 0 Å². The number of hydrogen-bond acceptors (Lipinski definition) is 3. The molecule has 0 bridgehead atoms. The molecule has 1 aromatic carbocycles. The molecule has 96 valence electrons. The van der Waals surface area contributed by atoms with Gasteiger partial charge in [0, 0.05) is 19.3 Å². The van der Waals surface area contributed by atoms with E-state index in [1.165, 1.54) is 11.3 Å². The number of aliphatic hydroxyl groups is 1. The van der Waals surface area contributed by atoms with Crippen LogP contribution in [-0.2, 0) is 6.42 Å². The molecule has 0 aliphatic rings. The molecule has 0 amide bonds. The summed E-state index contributed by atoms with van der Waals surface area (Å²) in [5, 5.41) is 12.5. The van der Waals surface area contributed by atoms with Crippen molar-refractivity contribution in [1.82, 2.24) is 5.32 Å². The number of likely N-dealkylation sites (N-methyl/N-ethyl adjacent to an activating group) is 2. The van der Waals surface area contributed by atoms with Crippen LogP contribution in [0, 0.1) is 0 Å². The molecule has 0 spiro atoms. The van der Waals surface area contributed by atoms with Crippen LogP contribution in [0.4, 0.5) is 5.69 Å². The SMILES string of the molecule is CCc1ccc(N(C)CC(C)(CO)NC)cc1. The summed E-state index contributed by atoms with van der Waals surface area (Å²) in [6, 6.07) is 8.57. The second kappa shape index (κ2) is 6.03. The Balaban J connectivity index is 2.71. The molecule has 17 heavy (non-hydrogen) atoms. The van der Waals surface area contributed by atoms with Gasteiger partial charge in [0.1, 0.15) is 0 Å². The van der Waals surface area contributed by atoms with Gasteiger partial charge in [0.15, 0.2) is 0 Å². The van der Waals surface area contributed by atoms with Crippen LogP contribution in [0.25, 0.3) is 0 Å². The number of hydrogen-bond donors (Lipinski definition) is 2. The summed E-state index contributed by atoms with van der Waals surface area (Å²) in [6.07, 6.45) is 1.06. The predicted octanol–water partition coefficient (Wildman–Crippen LogP) is 1.66. The molecule has 0 aliphatic carbocycles. The van der Waals surface area contributed by atoms with Gasteiger partial charge >= 0.3 is 0 Å². The zero-order valence-electron chi connectivity index (χ0n) is 11.3. The zero-order valence-corrected chi connectivity index (χ0v) is 11.3. The number of anilines is 1. The molecule has 0 aliphatic heterocycles. The highest BCUT2D eigenvalue weighted by Gasteiger charge is 2.22. The van der Waals surface area contributed by atoms with Gasteiger partial charge in [0.05, 0.1) is 12.1 Å². The number of aryl methyl sites for hydroxylation is 1. The summed E-state index contributed by atoms with van der Waals surface area (Å²) in [7, 11) is 3.93. The second-order valence-electron chi connectivity index (χ2n) is 4.84. The van der Waals surface area contributed by atoms with Gasteiger partial charge in [0.25, 0.3) is 0 Å². The monoisotopic (exact) mass is 236 g/mol. The van der Waals surface area contributed by atoms with Gasteiger partial charge < -0.3 is 15.3 Å². The number of rotatable bonds is 6. The molecular weight excluding hydrogens is 212 g/mol. The standard InChI is InChI=1S/C14H24N2O/c1-5-12-6-8-13(9-7-12)16(4)10-14(2,11-17)15-3/h6-9,15,17H,5,10-11H2,1-4H3. The molecule has 3 heteroatoms. The molecule has 1 aromatic rings. The van der Waals surface area contributed by atoms with Gasteiger partial charge in [0.2, 0.25) is 0 Å². The molecule has 1 atom stereocenters. The van der Waals surface area contributed by atoms with E-state index in [2.05, 4.69) is 41.4 Å².